The summed E-state index contributed by atoms with van der Waals surface area (Å²) < 4.78 is 13.7. The third-order valence-corrected chi connectivity index (χ3v) is 11.2. The Labute approximate surface area is 314 Å². The van der Waals surface area contributed by atoms with Crippen molar-refractivity contribution in [2.45, 2.75) is 17.0 Å². The minimum atomic E-state index is -1.42. The van der Waals surface area contributed by atoms with E-state index in [0.717, 1.165) is 21.2 Å². The zero-order chi connectivity index (χ0) is 35.0. The second-order valence-corrected chi connectivity index (χ2v) is 18.2. The average molecular weight is 957 g/mol. The average Bonchev–Trinajstić information content (AvgIpc) is 3.14. The fourth-order valence-electron chi connectivity index (χ4n) is 4.69. The molecule has 0 saturated carbocycles. The Morgan fingerprint density at radius 2 is 1.08 bits per heavy atom. The number of nitro groups is 1. The molecule has 5 aromatic carbocycles. The molecule has 7 nitrogen and oxygen atoms in total. The Hall–Kier alpha value is -2.40. The predicted molar refractivity (Wildman–Crippen MR) is 200 cm³/mol. The van der Waals surface area contributed by atoms with Crippen LogP contribution in [0.2, 0.25) is 0 Å². The Morgan fingerprint density at radius 3 is 1.45 bits per heavy atom. The summed E-state index contributed by atoms with van der Waals surface area (Å²) in [4.78, 5) is 22.8. The first-order valence-corrected chi connectivity index (χ1v) is 23.6. The summed E-state index contributed by atoms with van der Waals surface area (Å²) >= 11 is 11.6. The zero-order valence-corrected chi connectivity index (χ0v) is 32.6. The van der Waals surface area contributed by atoms with E-state index < -0.39 is 60.6 Å². The van der Waals surface area contributed by atoms with E-state index in [1.54, 1.807) is 12.1 Å². The Balaban J connectivity index is 0.00000174. The van der Waals surface area contributed by atoms with Gasteiger partial charge >= 0.3 is 35.3 Å². The van der Waals surface area contributed by atoms with Crippen LogP contribution in [-0.4, -0.2) is 28.3 Å². The number of carbonyl (C=O) groups excluding carboxylic acids is 1. The van der Waals surface area contributed by atoms with E-state index in [9.17, 15) is 14.9 Å². The SMILES string of the molecule is O=C(N[C@H](COP(c1ccccc1)c1ccccc1)[C@H](OP(c1ccccc1)c1ccccc1)c1ccc([N+](=O)[O-])cc1)C(Cl)Cl.[Cl][Pt][Cl]. The number of rotatable bonds is 14. The number of benzene rings is 5. The molecule has 5 rings (SSSR count). The van der Waals surface area contributed by atoms with Gasteiger partial charge in [0.05, 0.1) is 33.9 Å². The van der Waals surface area contributed by atoms with Gasteiger partial charge in [-0.05, 0) is 17.7 Å². The molecule has 0 aliphatic heterocycles. The van der Waals surface area contributed by atoms with Crippen LogP contribution in [0.15, 0.2) is 146 Å². The predicted octanol–water partition coefficient (Wildman–Crippen LogP) is 8.43. The van der Waals surface area contributed by atoms with E-state index in [-0.39, 0.29) is 12.3 Å². The van der Waals surface area contributed by atoms with E-state index in [0.29, 0.717) is 5.56 Å². The number of amides is 1. The van der Waals surface area contributed by atoms with Crippen LogP contribution in [0.4, 0.5) is 5.69 Å². The molecule has 0 saturated heterocycles. The molecule has 49 heavy (non-hydrogen) atoms. The van der Waals surface area contributed by atoms with Crippen molar-refractivity contribution in [1.82, 2.24) is 5.32 Å². The molecular formula is C35H30Cl4N2O5P2Pt. The molecule has 1 amide bonds. The third-order valence-electron chi connectivity index (χ3n) is 6.89. The van der Waals surface area contributed by atoms with Gasteiger partial charge in [-0.1, -0.05) is 145 Å². The van der Waals surface area contributed by atoms with Gasteiger partial charge in [0.15, 0.2) is 4.84 Å². The molecular weight excluding hydrogens is 927 g/mol. The van der Waals surface area contributed by atoms with Crippen molar-refractivity contribution in [3.8, 4) is 0 Å². The summed E-state index contributed by atoms with van der Waals surface area (Å²) in [5.74, 6) is -0.611. The Bertz CT molecular complexity index is 1640. The molecule has 0 unspecified atom stereocenters. The number of carbonyl (C=O) groups is 1. The van der Waals surface area contributed by atoms with Gasteiger partial charge in [0.2, 0.25) is 0 Å². The molecule has 0 aromatic heterocycles. The van der Waals surface area contributed by atoms with Crippen molar-refractivity contribution < 1.29 is 35.2 Å². The monoisotopic (exact) mass is 955 g/mol. The van der Waals surface area contributed by atoms with Crippen molar-refractivity contribution in [1.29, 1.82) is 0 Å². The van der Waals surface area contributed by atoms with Crippen LogP contribution in [0.5, 0.6) is 0 Å². The topological polar surface area (TPSA) is 90.7 Å². The van der Waals surface area contributed by atoms with Gasteiger partial charge < -0.3 is 14.4 Å². The summed E-state index contributed by atoms with van der Waals surface area (Å²) in [6.07, 6.45) is -0.813. The van der Waals surface area contributed by atoms with Crippen LogP contribution in [-0.2, 0) is 30.3 Å². The van der Waals surface area contributed by atoms with E-state index in [2.05, 4.69) is 5.32 Å². The van der Waals surface area contributed by atoms with Gasteiger partial charge in [-0.15, -0.1) is 0 Å². The van der Waals surface area contributed by atoms with Crippen molar-refractivity contribution in [2.24, 2.45) is 0 Å². The number of nitro benzene ring substituents is 1. The molecule has 2 atom stereocenters. The van der Waals surface area contributed by atoms with Crippen molar-refractivity contribution in [2.75, 3.05) is 6.61 Å². The molecule has 258 valence electrons. The van der Waals surface area contributed by atoms with E-state index >= 15 is 0 Å². The normalized spacial score (nSPS) is 12.3. The third kappa shape index (κ3) is 12.1. The summed E-state index contributed by atoms with van der Waals surface area (Å²) in [5, 5.41) is 18.3. The molecule has 0 bridgehead atoms. The molecule has 1 N–H and O–H groups in total. The van der Waals surface area contributed by atoms with Gasteiger partial charge in [0, 0.05) is 33.4 Å². The van der Waals surface area contributed by atoms with Gasteiger partial charge in [0.1, 0.15) is 6.10 Å². The fraction of sp³-hybridized carbons (Fsp3) is 0.114. The standard InChI is InChI=1S/C35H30Cl2N2O5P2.2ClH.Pt/c36-34(37)35(40)38-32(25-43-45(28-13-5-1-6-14-28)29-15-7-2-8-16-29)33(26-21-23-27(24-22-26)39(41)42)44-46(30-17-9-3-10-18-30)31-19-11-4-12-20-31;;;/h1-24,32-34H,25H2,(H,38,40);2*1H;/q;;;+2/p-2/t32-,33-;;;/m1.../s1. The van der Waals surface area contributed by atoms with Crippen LogP contribution in [0.3, 0.4) is 0 Å². The first-order valence-electron chi connectivity index (χ1n) is 14.6. The van der Waals surface area contributed by atoms with Crippen LogP contribution in [0.25, 0.3) is 0 Å². The summed E-state index contributed by atoms with van der Waals surface area (Å²) in [5.41, 5.74) is 0.550. The first kappa shape index (κ1) is 39.4. The first-order chi connectivity index (χ1) is 23.8. The van der Waals surface area contributed by atoms with Crippen molar-refractivity contribution in [3.63, 3.8) is 0 Å². The summed E-state index contributed by atoms with van der Waals surface area (Å²) in [6, 6.07) is 44.7. The molecule has 0 heterocycles. The van der Waals surface area contributed by atoms with Crippen LogP contribution in [0.1, 0.15) is 11.7 Å². The molecule has 14 heteroatoms. The Morgan fingerprint density at radius 1 is 0.694 bits per heavy atom. The Kier molecular flexibility index (Phi) is 16.9. The number of hydrogen-bond acceptors (Lipinski definition) is 5. The van der Waals surface area contributed by atoms with Crippen molar-refractivity contribution >= 4 is 91.1 Å². The minimum absolute atomic E-state index is 0.0239. The van der Waals surface area contributed by atoms with Crippen molar-refractivity contribution in [3.05, 3.63) is 161 Å². The van der Waals surface area contributed by atoms with Gasteiger partial charge in [-0.25, -0.2) is 0 Å². The van der Waals surface area contributed by atoms with Crippen LogP contribution < -0.4 is 26.5 Å². The van der Waals surface area contributed by atoms with Gasteiger partial charge in [-0.3, -0.25) is 14.9 Å². The number of nitrogens with one attached hydrogen (secondary N) is 1. The molecule has 5 aromatic rings. The molecule has 0 spiro atoms. The van der Waals surface area contributed by atoms with E-state index in [1.807, 2.05) is 121 Å². The number of nitrogens with zero attached hydrogens (tertiary/aromatic N) is 1. The molecule has 0 radical (unpaired) electrons. The maximum absolute atomic E-state index is 13.1. The van der Waals surface area contributed by atoms with Crippen LogP contribution >= 0.6 is 58.3 Å². The summed E-state index contributed by atoms with van der Waals surface area (Å²) in [7, 11) is 7.03. The second-order valence-electron chi connectivity index (χ2n) is 10.1. The fourth-order valence-corrected chi connectivity index (χ4v) is 8.53. The number of non-ortho nitro benzene ring substituents is 1. The van der Waals surface area contributed by atoms with Gasteiger partial charge in [-0.2, -0.15) is 0 Å². The number of halogens is 4. The second kappa shape index (κ2) is 21.1. The molecule has 0 fully saturated rings. The van der Waals surface area contributed by atoms with Gasteiger partial charge in [0.25, 0.3) is 11.6 Å². The summed E-state index contributed by atoms with van der Waals surface area (Å²) in [6.45, 7) is 0.0239. The number of alkyl halides is 2. The molecule has 0 aliphatic carbocycles. The molecule has 0 aliphatic rings. The van der Waals surface area contributed by atoms with Crippen LogP contribution in [0, 0.1) is 10.1 Å². The van der Waals surface area contributed by atoms with E-state index in [4.69, 9.17) is 51.1 Å². The zero-order valence-electron chi connectivity index (χ0n) is 25.5. The maximum atomic E-state index is 13.1. The number of hydrogen-bond donors (Lipinski definition) is 1. The van der Waals surface area contributed by atoms with E-state index in [1.165, 1.54) is 12.1 Å². The quantitative estimate of drug-likeness (QED) is 0.0523.